The molecular formula is CaO3W. The maximum absolute atomic E-state index is 8.61. The molecule has 26 valence electrons. The van der Waals surface area contributed by atoms with Crippen molar-refractivity contribution in [1.82, 2.24) is 0 Å². The van der Waals surface area contributed by atoms with Gasteiger partial charge in [0.1, 0.15) is 0 Å². The van der Waals surface area contributed by atoms with E-state index >= 15 is 0 Å². The molecule has 0 saturated carbocycles. The van der Waals surface area contributed by atoms with Gasteiger partial charge in [0.25, 0.3) is 0 Å². The zero-order valence-corrected chi connectivity index (χ0v) is 7.48. The topological polar surface area (TPSA) is 63.2 Å². The van der Waals surface area contributed by atoms with E-state index in [0.717, 1.165) is 0 Å². The second kappa shape index (κ2) is 5.67. The Bertz CT molecular complexity index is 29.9. The molecule has 0 bridgehead atoms. The summed E-state index contributed by atoms with van der Waals surface area (Å²) in [5.74, 6) is 0. The van der Waals surface area contributed by atoms with Gasteiger partial charge < -0.3 is 0 Å². The summed E-state index contributed by atoms with van der Waals surface area (Å²) >= 11 is -4.28. The summed E-state index contributed by atoms with van der Waals surface area (Å²) in [6.45, 7) is 0. The number of hydrogen-bond donors (Lipinski definition) is 0. The van der Waals surface area contributed by atoms with E-state index in [-0.39, 0.29) is 37.7 Å². The van der Waals surface area contributed by atoms with Crippen LogP contribution in [0.3, 0.4) is 0 Å². The molecular weight excluding hydrogens is 272 g/mol. The minimum absolute atomic E-state index is 0. The summed E-state index contributed by atoms with van der Waals surface area (Å²) < 4.78 is 25.8. The summed E-state index contributed by atoms with van der Waals surface area (Å²) in [5.41, 5.74) is 0. The molecule has 5 heavy (non-hydrogen) atoms. The fraction of sp³-hybridized carbons (Fsp3) is 0. The van der Waals surface area contributed by atoms with Gasteiger partial charge in [0, 0.05) is 0 Å². The second-order valence-electron chi connectivity index (χ2n) is 0.204. The first kappa shape index (κ1) is 9.83. The third kappa shape index (κ3) is 27.4. The molecule has 0 aliphatic carbocycles. The van der Waals surface area contributed by atoms with Crippen LogP contribution < -0.4 is 7.52 Å². The van der Waals surface area contributed by atoms with Gasteiger partial charge in [-0.1, -0.05) is 0 Å². The molecule has 0 saturated heterocycles. The summed E-state index contributed by atoms with van der Waals surface area (Å²) in [6, 6.07) is 0. The van der Waals surface area contributed by atoms with E-state index in [0.29, 0.717) is 0 Å². The standard InChI is InChI=1S/Ca.3O.W/q+2;;2*-1;. The summed E-state index contributed by atoms with van der Waals surface area (Å²) in [7, 11) is 0. The maximum atomic E-state index is 8.61. The van der Waals surface area contributed by atoms with Crippen LogP contribution in [0.4, 0.5) is 0 Å². The molecule has 0 amide bonds. The first-order chi connectivity index (χ1) is 1.73. The molecule has 0 fully saturated rings. The average molecular weight is 272 g/mol. The van der Waals surface area contributed by atoms with Crippen molar-refractivity contribution in [2.24, 2.45) is 0 Å². The number of hydrogen-bond acceptors (Lipinski definition) is 3. The van der Waals surface area contributed by atoms with Crippen molar-refractivity contribution in [2.45, 2.75) is 0 Å². The van der Waals surface area contributed by atoms with E-state index < -0.39 is 18.0 Å². The first-order valence-electron chi connectivity index (χ1n) is 0.500. The Morgan fingerprint density at radius 2 is 1.40 bits per heavy atom. The van der Waals surface area contributed by atoms with Gasteiger partial charge >= 0.3 is 66.7 Å². The van der Waals surface area contributed by atoms with Gasteiger partial charge in [-0.3, -0.25) is 0 Å². The molecule has 0 aromatic carbocycles. The van der Waals surface area contributed by atoms with Gasteiger partial charge in [0.15, 0.2) is 0 Å². The molecule has 3 nitrogen and oxygen atoms in total. The SMILES string of the molecule is [Ca+2].[O]=[W]([O-])[O-]. The third-order valence-electron chi connectivity index (χ3n) is 0. The fourth-order valence-electron chi connectivity index (χ4n) is 0. The molecule has 0 aromatic heterocycles. The Kier molecular flexibility index (Phi) is 11.1. The molecule has 0 rings (SSSR count). The Balaban J connectivity index is 0. The van der Waals surface area contributed by atoms with Crippen LogP contribution in [0.5, 0.6) is 0 Å². The summed E-state index contributed by atoms with van der Waals surface area (Å²) in [5, 5.41) is 0. The molecule has 0 aliphatic heterocycles. The Hall–Kier alpha value is 1.67. The van der Waals surface area contributed by atoms with Gasteiger partial charge in [-0.15, -0.1) is 0 Å². The summed E-state index contributed by atoms with van der Waals surface area (Å²) in [6.07, 6.45) is 0. The zero-order valence-electron chi connectivity index (χ0n) is 2.34. The molecule has 0 heterocycles. The third-order valence-corrected chi connectivity index (χ3v) is 0. The zero-order chi connectivity index (χ0) is 3.58. The molecule has 0 N–H and O–H groups in total. The van der Waals surface area contributed by atoms with Crippen LogP contribution in [-0.2, 0) is 21.4 Å². The van der Waals surface area contributed by atoms with Gasteiger partial charge in [0.2, 0.25) is 0 Å². The van der Waals surface area contributed by atoms with E-state index in [2.05, 4.69) is 0 Å². The minimum atomic E-state index is -4.28. The van der Waals surface area contributed by atoms with Crippen molar-refractivity contribution in [3.05, 3.63) is 0 Å². The van der Waals surface area contributed by atoms with E-state index in [4.69, 9.17) is 10.9 Å². The molecule has 0 aromatic rings. The Morgan fingerprint density at radius 1 is 1.40 bits per heavy atom. The van der Waals surface area contributed by atoms with Crippen LogP contribution in [0, 0.1) is 0 Å². The predicted molar refractivity (Wildman–Crippen MR) is 6.44 cm³/mol. The van der Waals surface area contributed by atoms with Crippen molar-refractivity contribution in [1.29, 1.82) is 0 Å². The van der Waals surface area contributed by atoms with Crippen molar-refractivity contribution in [2.75, 3.05) is 0 Å². The van der Waals surface area contributed by atoms with Crippen LogP contribution in [0.1, 0.15) is 0 Å². The first-order valence-corrected chi connectivity index (χ1v) is 4.09. The van der Waals surface area contributed by atoms with Crippen LogP contribution in [0.2, 0.25) is 0 Å². The van der Waals surface area contributed by atoms with Crippen LogP contribution in [0.25, 0.3) is 0 Å². The van der Waals surface area contributed by atoms with Crippen molar-refractivity contribution in [3.8, 4) is 0 Å². The van der Waals surface area contributed by atoms with Crippen LogP contribution in [-0.4, -0.2) is 37.7 Å². The second-order valence-corrected chi connectivity index (χ2v) is 1.67. The van der Waals surface area contributed by atoms with Crippen molar-refractivity contribution >= 4 is 37.7 Å². The molecule has 0 atom stereocenters. The van der Waals surface area contributed by atoms with Gasteiger partial charge in [-0.25, -0.2) is 0 Å². The molecule has 0 unspecified atom stereocenters. The summed E-state index contributed by atoms with van der Waals surface area (Å²) in [4.78, 5) is 0. The van der Waals surface area contributed by atoms with E-state index in [1.165, 1.54) is 0 Å². The van der Waals surface area contributed by atoms with E-state index in [1.54, 1.807) is 0 Å². The number of rotatable bonds is 0. The molecule has 5 heteroatoms. The Labute approximate surface area is 65.8 Å². The quantitative estimate of drug-likeness (QED) is 0.445. The fourth-order valence-corrected chi connectivity index (χ4v) is 0. The van der Waals surface area contributed by atoms with Crippen LogP contribution >= 0.6 is 0 Å². The van der Waals surface area contributed by atoms with Crippen molar-refractivity contribution < 1.29 is 29.0 Å². The van der Waals surface area contributed by atoms with Crippen LogP contribution in [0.15, 0.2) is 0 Å². The van der Waals surface area contributed by atoms with E-state index in [9.17, 15) is 0 Å². The molecule has 0 radical (unpaired) electrons. The Morgan fingerprint density at radius 3 is 1.40 bits per heavy atom. The average Bonchev–Trinajstić information content (AvgIpc) is 0.811. The predicted octanol–water partition coefficient (Wildman–Crippen LogP) is -2.88. The van der Waals surface area contributed by atoms with Gasteiger partial charge in [-0.2, -0.15) is 0 Å². The molecule has 0 aliphatic rings. The van der Waals surface area contributed by atoms with Gasteiger partial charge in [0.05, 0.1) is 0 Å². The van der Waals surface area contributed by atoms with Gasteiger partial charge in [-0.05, 0) is 0 Å². The molecule has 0 spiro atoms. The van der Waals surface area contributed by atoms with Crippen molar-refractivity contribution in [3.63, 3.8) is 0 Å². The normalized spacial score (nSPS) is 7.00. The monoisotopic (exact) mass is 272 g/mol. The van der Waals surface area contributed by atoms with E-state index in [1.807, 2.05) is 0 Å².